The lowest BCUT2D eigenvalue weighted by Gasteiger charge is -2.42. The Morgan fingerprint density at radius 1 is 0.977 bits per heavy atom. The molecule has 0 bridgehead atoms. The summed E-state index contributed by atoms with van der Waals surface area (Å²) in [7, 11) is 5.56. The Labute approximate surface area is 258 Å². The fourth-order valence-electron chi connectivity index (χ4n) is 6.48. The molecule has 0 spiro atoms. The number of anilines is 5. The van der Waals surface area contributed by atoms with Gasteiger partial charge in [-0.2, -0.15) is 0 Å². The molecule has 44 heavy (non-hydrogen) atoms. The second-order valence-corrected chi connectivity index (χ2v) is 11.7. The first-order valence-electron chi connectivity index (χ1n) is 15.3. The van der Waals surface area contributed by atoms with Gasteiger partial charge < -0.3 is 29.7 Å². The minimum absolute atomic E-state index is 0.00120. The number of fused-ring (bicyclic) bond motifs is 2. The second-order valence-electron chi connectivity index (χ2n) is 11.7. The predicted octanol–water partition coefficient (Wildman–Crippen LogP) is 4.57. The molecule has 1 aromatic heterocycles. The fourth-order valence-corrected chi connectivity index (χ4v) is 6.48. The van der Waals surface area contributed by atoms with Crippen LogP contribution in [0, 0.1) is 5.82 Å². The highest BCUT2D eigenvalue weighted by atomic mass is 19.1. The minimum Gasteiger partial charge on any atom is -0.492 e. The van der Waals surface area contributed by atoms with Crippen LogP contribution in [0.3, 0.4) is 0 Å². The predicted molar refractivity (Wildman–Crippen MR) is 170 cm³/mol. The van der Waals surface area contributed by atoms with Gasteiger partial charge >= 0.3 is 0 Å². The molecule has 232 valence electrons. The summed E-state index contributed by atoms with van der Waals surface area (Å²) in [5.74, 6) is 0.236. The molecule has 0 unspecified atom stereocenters. The Bertz CT molecular complexity index is 1550. The van der Waals surface area contributed by atoms with E-state index in [9.17, 15) is 14.0 Å². The number of benzene rings is 2. The Morgan fingerprint density at radius 3 is 2.45 bits per heavy atom. The van der Waals surface area contributed by atoms with E-state index >= 15 is 0 Å². The van der Waals surface area contributed by atoms with Crippen LogP contribution in [0.4, 0.5) is 33.0 Å². The third-order valence-corrected chi connectivity index (χ3v) is 9.04. The largest absolute Gasteiger partial charge is 0.492 e. The Morgan fingerprint density at radius 2 is 1.73 bits per heavy atom. The van der Waals surface area contributed by atoms with Gasteiger partial charge in [0.2, 0.25) is 0 Å². The number of piperidine rings is 1. The van der Waals surface area contributed by atoms with Gasteiger partial charge in [0.1, 0.15) is 17.4 Å². The van der Waals surface area contributed by atoms with Crippen LogP contribution in [0.1, 0.15) is 40.5 Å². The molecule has 0 saturated carbocycles. The van der Waals surface area contributed by atoms with Crippen LogP contribution in [0.25, 0.3) is 0 Å². The summed E-state index contributed by atoms with van der Waals surface area (Å²) in [6.07, 6.45) is 3.97. The summed E-state index contributed by atoms with van der Waals surface area (Å²) in [6, 6.07) is 12.3. The van der Waals surface area contributed by atoms with Crippen LogP contribution >= 0.6 is 0 Å². The molecule has 11 heteroatoms. The van der Waals surface area contributed by atoms with Crippen molar-refractivity contribution in [3.05, 3.63) is 65.6 Å². The van der Waals surface area contributed by atoms with Gasteiger partial charge in [-0.25, -0.2) is 9.37 Å². The van der Waals surface area contributed by atoms with Crippen molar-refractivity contribution in [3.8, 4) is 5.75 Å². The van der Waals surface area contributed by atoms with Crippen molar-refractivity contribution >= 4 is 40.4 Å². The van der Waals surface area contributed by atoms with E-state index in [-0.39, 0.29) is 23.1 Å². The van der Waals surface area contributed by atoms with Gasteiger partial charge in [0, 0.05) is 57.9 Å². The molecule has 2 aromatic carbocycles. The topological polar surface area (TPSA) is 84.5 Å². The molecule has 2 amide bonds. The summed E-state index contributed by atoms with van der Waals surface area (Å²) in [5, 5.41) is 3.31. The van der Waals surface area contributed by atoms with Crippen LogP contribution in [0.15, 0.2) is 48.7 Å². The van der Waals surface area contributed by atoms with Gasteiger partial charge in [0.25, 0.3) is 11.8 Å². The van der Waals surface area contributed by atoms with Crippen molar-refractivity contribution in [2.45, 2.75) is 25.8 Å². The molecule has 6 rings (SSSR count). The number of carbonyl (C=O) groups excluding carboxylic acids is 2. The van der Waals surface area contributed by atoms with Crippen molar-refractivity contribution in [3.63, 3.8) is 0 Å². The van der Waals surface area contributed by atoms with E-state index in [4.69, 9.17) is 4.74 Å². The SMILES string of the molecule is CCOc1cc(C(=O)N2CCN(C3CCN(C)CC3)CC2)ccc1Nc1cc2c(cn1)N(C)C(=O)c1cccc(F)c1N2C. The summed E-state index contributed by atoms with van der Waals surface area (Å²) < 4.78 is 20.9. The van der Waals surface area contributed by atoms with Gasteiger partial charge in [-0.15, -0.1) is 0 Å². The van der Waals surface area contributed by atoms with Crippen LogP contribution < -0.4 is 19.9 Å². The number of piperazine rings is 1. The number of ether oxygens (including phenoxy) is 1. The Hall–Kier alpha value is -4.22. The van der Waals surface area contributed by atoms with E-state index in [0.29, 0.717) is 59.9 Å². The third kappa shape index (κ3) is 5.69. The molecule has 0 radical (unpaired) electrons. The standard InChI is InChI=1S/C33H40FN7O3/c1-5-44-29-19-22(32(42)41-17-15-40(16-18-41)23-11-13-37(2)14-12-23)9-10-26(29)36-30-20-27-28(21-35-30)39(4)33(43)24-7-6-8-25(34)31(24)38(27)3/h6-10,19-21,23H,5,11-18H2,1-4H3,(H,35,36). The van der Waals surface area contributed by atoms with Gasteiger partial charge in [-0.1, -0.05) is 6.07 Å². The number of halogens is 1. The third-order valence-electron chi connectivity index (χ3n) is 9.04. The smallest absolute Gasteiger partial charge is 0.260 e. The fraction of sp³-hybridized carbons (Fsp3) is 0.424. The van der Waals surface area contributed by atoms with Gasteiger partial charge in [0.05, 0.1) is 41.1 Å². The lowest BCUT2D eigenvalue weighted by molar-refractivity contribution is 0.0475. The zero-order valence-corrected chi connectivity index (χ0v) is 25.8. The first kappa shape index (κ1) is 29.8. The quantitative estimate of drug-likeness (QED) is 0.440. The van der Waals surface area contributed by atoms with E-state index in [1.807, 2.05) is 24.0 Å². The molecule has 0 aliphatic carbocycles. The zero-order chi connectivity index (χ0) is 31.0. The molecule has 1 N–H and O–H groups in total. The molecular weight excluding hydrogens is 561 g/mol. The first-order valence-corrected chi connectivity index (χ1v) is 15.3. The molecule has 0 atom stereocenters. The number of rotatable bonds is 6. The molecule has 3 aliphatic heterocycles. The van der Waals surface area contributed by atoms with Gasteiger partial charge in [0.15, 0.2) is 0 Å². The Kier molecular flexibility index (Phi) is 8.42. The summed E-state index contributed by atoms with van der Waals surface area (Å²) in [5.41, 5.74) is 2.89. The highest BCUT2D eigenvalue weighted by Crippen LogP contribution is 2.41. The van der Waals surface area contributed by atoms with E-state index < -0.39 is 5.82 Å². The number of carbonyl (C=O) groups is 2. The van der Waals surface area contributed by atoms with Crippen LogP contribution in [-0.2, 0) is 0 Å². The van der Waals surface area contributed by atoms with Crippen molar-refractivity contribution in [2.24, 2.45) is 0 Å². The first-order chi connectivity index (χ1) is 21.2. The monoisotopic (exact) mass is 601 g/mol. The maximum Gasteiger partial charge on any atom is 0.260 e. The maximum absolute atomic E-state index is 14.9. The van der Waals surface area contributed by atoms with Gasteiger partial charge in [-0.3, -0.25) is 14.5 Å². The maximum atomic E-state index is 14.9. The highest BCUT2D eigenvalue weighted by molar-refractivity contribution is 6.13. The summed E-state index contributed by atoms with van der Waals surface area (Å²) >= 11 is 0. The highest BCUT2D eigenvalue weighted by Gasteiger charge is 2.31. The minimum atomic E-state index is -0.479. The summed E-state index contributed by atoms with van der Waals surface area (Å²) in [6.45, 7) is 7.79. The average molecular weight is 602 g/mol. The number of likely N-dealkylation sites (tertiary alicyclic amines) is 1. The second kappa shape index (κ2) is 12.4. The zero-order valence-electron chi connectivity index (χ0n) is 25.8. The number of nitrogens with one attached hydrogen (secondary N) is 1. The Balaban J connectivity index is 1.20. The van der Waals surface area contributed by atoms with Gasteiger partial charge in [-0.05, 0) is 70.2 Å². The van der Waals surface area contributed by atoms with Crippen molar-refractivity contribution in [1.29, 1.82) is 0 Å². The van der Waals surface area contributed by atoms with Crippen LogP contribution in [0.2, 0.25) is 0 Å². The lowest BCUT2D eigenvalue weighted by Crippen LogP contribution is -2.54. The number of pyridine rings is 1. The average Bonchev–Trinajstić information content (AvgIpc) is 3.11. The van der Waals surface area contributed by atoms with Crippen LogP contribution in [-0.4, -0.2) is 105 Å². The van der Waals surface area contributed by atoms with Crippen molar-refractivity contribution in [1.82, 2.24) is 19.7 Å². The molecule has 3 aliphatic rings. The van der Waals surface area contributed by atoms with E-state index in [2.05, 4.69) is 27.1 Å². The molecule has 10 nitrogen and oxygen atoms in total. The summed E-state index contributed by atoms with van der Waals surface area (Å²) in [4.78, 5) is 41.2. The number of amides is 2. The number of nitrogens with zero attached hydrogens (tertiary/aromatic N) is 6. The van der Waals surface area contributed by atoms with Crippen LogP contribution in [0.5, 0.6) is 5.75 Å². The number of para-hydroxylation sites is 1. The molecule has 2 fully saturated rings. The molecule has 4 heterocycles. The van der Waals surface area contributed by atoms with Crippen molar-refractivity contribution in [2.75, 3.05) is 82.1 Å². The number of hydrogen-bond donors (Lipinski definition) is 1. The number of hydrogen-bond acceptors (Lipinski definition) is 8. The van der Waals surface area contributed by atoms with E-state index in [1.165, 1.54) is 29.9 Å². The van der Waals surface area contributed by atoms with Crippen molar-refractivity contribution < 1.29 is 18.7 Å². The molecule has 2 saturated heterocycles. The number of aromatic nitrogens is 1. The molecule has 3 aromatic rings. The molecular formula is C33H40FN7O3. The lowest BCUT2D eigenvalue weighted by atomic mass is 10.0. The normalized spacial score (nSPS) is 18.1. The van der Waals surface area contributed by atoms with E-state index in [1.54, 1.807) is 43.4 Å². The van der Waals surface area contributed by atoms with E-state index in [0.717, 1.165) is 26.2 Å².